The Morgan fingerprint density at radius 2 is 2.28 bits per heavy atom. The summed E-state index contributed by atoms with van der Waals surface area (Å²) in [6.07, 6.45) is 5.05. The molecule has 0 unspecified atom stereocenters. The molecule has 0 atom stereocenters. The van der Waals surface area contributed by atoms with Crippen molar-refractivity contribution in [3.63, 3.8) is 0 Å². The Balaban J connectivity index is 2.06. The van der Waals surface area contributed by atoms with Crippen molar-refractivity contribution in [2.45, 2.75) is 25.3 Å². The molecule has 0 bridgehead atoms. The fraction of sp³-hybridized carbons (Fsp3) is 0.545. The Morgan fingerprint density at radius 3 is 2.94 bits per heavy atom. The van der Waals surface area contributed by atoms with Crippen LogP contribution in [0, 0.1) is 0 Å². The molecule has 18 heavy (non-hydrogen) atoms. The Kier molecular flexibility index (Phi) is 2.75. The number of H-pyrrole nitrogens is 1. The van der Waals surface area contributed by atoms with Crippen molar-refractivity contribution in [1.29, 1.82) is 0 Å². The second-order valence-electron chi connectivity index (χ2n) is 4.51. The van der Waals surface area contributed by atoms with Crippen molar-refractivity contribution in [2.75, 3.05) is 23.8 Å². The summed E-state index contributed by atoms with van der Waals surface area (Å²) in [4.78, 5) is 17.6. The lowest BCUT2D eigenvalue weighted by molar-refractivity contribution is 0.283. The molecule has 0 aliphatic heterocycles. The Bertz CT molecular complexity index is 549. The van der Waals surface area contributed by atoms with E-state index in [0.717, 1.165) is 24.2 Å². The van der Waals surface area contributed by atoms with E-state index >= 15 is 0 Å². The second kappa shape index (κ2) is 4.41. The monoisotopic (exact) mass is 248 g/mol. The van der Waals surface area contributed by atoms with Gasteiger partial charge in [-0.2, -0.15) is 9.97 Å². The van der Waals surface area contributed by atoms with Crippen molar-refractivity contribution in [3.8, 4) is 0 Å². The van der Waals surface area contributed by atoms with Crippen molar-refractivity contribution in [2.24, 2.45) is 0 Å². The first kappa shape index (κ1) is 11.2. The molecule has 1 aliphatic rings. The minimum absolute atomic E-state index is 0.0933. The van der Waals surface area contributed by atoms with Crippen LogP contribution in [0.25, 0.3) is 11.2 Å². The first-order valence-electron chi connectivity index (χ1n) is 6.13. The molecule has 2 aromatic heterocycles. The van der Waals surface area contributed by atoms with Crippen LogP contribution in [0.3, 0.4) is 0 Å². The molecule has 1 fully saturated rings. The Labute approximate surface area is 104 Å². The summed E-state index contributed by atoms with van der Waals surface area (Å²) in [5, 5.41) is 9.22. The molecule has 0 radical (unpaired) electrons. The van der Waals surface area contributed by atoms with Crippen LogP contribution in [0.15, 0.2) is 6.33 Å². The van der Waals surface area contributed by atoms with Gasteiger partial charge in [-0.15, -0.1) is 0 Å². The van der Waals surface area contributed by atoms with Gasteiger partial charge in [0.25, 0.3) is 0 Å². The topological polar surface area (TPSA) is 104 Å². The molecule has 7 heteroatoms. The molecule has 7 nitrogen and oxygen atoms in total. The predicted molar refractivity (Wildman–Crippen MR) is 68.2 cm³/mol. The Hall–Kier alpha value is -1.89. The standard InChI is InChI=1S/C11H16N6O/c12-11-15-9-8(13-6-14-9)10(16-11)17(4-5-18)7-2-1-3-7/h6-7,18H,1-5H2,(H3,12,13,14,15,16). The molecule has 0 spiro atoms. The van der Waals surface area contributed by atoms with Gasteiger partial charge in [-0.05, 0) is 19.3 Å². The highest BCUT2D eigenvalue weighted by molar-refractivity contribution is 5.84. The molecule has 2 aromatic rings. The normalized spacial score (nSPS) is 15.8. The van der Waals surface area contributed by atoms with E-state index in [1.54, 1.807) is 6.33 Å². The van der Waals surface area contributed by atoms with Crippen molar-refractivity contribution in [3.05, 3.63) is 6.33 Å². The van der Waals surface area contributed by atoms with Crippen LogP contribution in [0.2, 0.25) is 0 Å². The van der Waals surface area contributed by atoms with E-state index in [4.69, 9.17) is 5.73 Å². The number of hydrogen-bond acceptors (Lipinski definition) is 6. The van der Waals surface area contributed by atoms with E-state index in [-0.39, 0.29) is 12.6 Å². The maximum Gasteiger partial charge on any atom is 0.224 e. The van der Waals surface area contributed by atoms with Crippen molar-refractivity contribution in [1.82, 2.24) is 19.9 Å². The van der Waals surface area contributed by atoms with Gasteiger partial charge >= 0.3 is 0 Å². The average Bonchev–Trinajstić information content (AvgIpc) is 2.72. The number of aliphatic hydroxyl groups excluding tert-OH is 1. The van der Waals surface area contributed by atoms with E-state index in [1.165, 1.54) is 6.42 Å². The zero-order valence-corrected chi connectivity index (χ0v) is 10.0. The predicted octanol–water partition coefficient (Wildman–Crippen LogP) is 0.286. The number of hydrogen-bond donors (Lipinski definition) is 3. The highest BCUT2D eigenvalue weighted by Gasteiger charge is 2.27. The maximum atomic E-state index is 9.22. The molecular weight excluding hydrogens is 232 g/mol. The summed E-state index contributed by atoms with van der Waals surface area (Å²) < 4.78 is 0. The van der Waals surface area contributed by atoms with Gasteiger partial charge in [-0.3, -0.25) is 0 Å². The highest BCUT2D eigenvalue weighted by Crippen LogP contribution is 2.31. The summed E-state index contributed by atoms with van der Waals surface area (Å²) in [5.74, 6) is 0.959. The molecule has 2 heterocycles. The van der Waals surface area contributed by atoms with E-state index in [9.17, 15) is 5.11 Å². The van der Waals surface area contributed by atoms with Gasteiger partial charge in [-0.1, -0.05) is 0 Å². The minimum atomic E-state index is 0.0933. The SMILES string of the molecule is Nc1nc(N(CCO)C2CCC2)c2[nH]cnc2n1. The quantitative estimate of drug-likeness (QED) is 0.718. The molecule has 0 amide bonds. The van der Waals surface area contributed by atoms with Gasteiger partial charge in [0.2, 0.25) is 5.95 Å². The zero-order chi connectivity index (χ0) is 12.5. The number of nitrogens with one attached hydrogen (secondary N) is 1. The number of imidazole rings is 1. The van der Waals surface area contributed by atoms with Gasteiger partial charge in [0.15, 0.2) is 11.5 Å². The lowest BCUT2D eigenvalue weighted by Crippen LogP contribution is -2.42. The van der Waals surface area contributed by atoms with Gasteiger partial charge in [0, 0.05) is 12.6 Å². The molecule has 96 valence electrons. The van der Waals surface area contributed by atoms with Crippen LogP contribution < -0.4 is 10.6 Å². The van der Waals surface area contributed by atoms with E-state index in [1.807, 2.05) is 0 Å². The summed E-state index contributed by atoms with van der Waals surface area (Å²) in [7, 11) is 0. The van der Waals surface area contributed by atoms with E-state index < -0.39 is 0 Å². The number of fused-ring (bicyclic) bond motifs is 1. The number of nitrogen functional groups attached to an aromatic ring is 1. The molecule has 0 aromatic carbocycles. The van der Waals surface area contributed by atoms with E-state index in [2.05, 4.69) is 24.8 Å². The third-order valence-corrected chi connectivity index (χ3v) is 3.41. The molecule has 3 rings (SSSR count). The van der Waals surface area contributed by atoms with Crippen LogP contribution >= 0.6 is 0 Å². The molecule has 1 saturated carbocycles. The van der Waals surface area contributed by atoms with E-state index in [0.29, 0.717) is 18.2 Å². The summed E-state index contributed by atoms with van der Waals surface area (Å²) in [5.41, 5.74) is 7.06. The number of aromatic amines is 1. The lowest BCUT2D eigenvalue weighted by atomic mass is 9.91. The number of rotatable bonds is 4. The van der Waals surface area contributed by atoms with Crippen molar-refractivity contribution >= 4 is 22.9 Å². The largest absolute Gasteiger partial charge is 0.395 e. The number of nitrogens with two attached hydrogens (primary N) is 1. The van der Waals surface area contributed by atoms with Gasteiger partial charge in [0.05, 0.1) is 12.9 Å². The number of nitrogens with zero attached hydrogens (tertiary/aromatic N) is 4. The lowest BCUT2D eigenvalue weighted by Gasteiger charge is -2.38. The smallest absolute Gasteiger partial charge is 0.224 e. The second-order valence-corrected chi connectivity index (χ2v) is 4.51. The third-order valence-electron chi connectivity index (χ3n) is 3.41. The molecule has 0 saturated heterocycles. The first-order valence-corrected chi connectivity index (χ1v) is 6.13. The molecule has 4 N–H and O–H groups in total. The van der Waals surface area contributed by atoms with Crippen LogP contribution in [0.4, 0.5) is 11.8 Å². The van der Waals surface area contributed by atoms with Crippen LogP contribution in [-0.2, 0) is 0 Å². The Morgan fingerprint density at radius 1 is 1.44 bits per heavy atom. The van der Waals surface area contributed by atoms with Crippen LogP contribution in [0.5, 0.6) is 0 Å². The zero-order valence-electron chi connectivity index (χ0n) is 10.0. The van der Waals surface area contributed by atoms with Crippen molar-refractivity contribution < 1.29 is 5.11 Å². The van der Waals surface area contributed by atoms with Crippen LogP contribution in [-0.4, -0.2) is 44.2 Å². The minimum Gasteiger partial charge on any atom is -0.395 e. The molecule has 1 aliphatic carbocycles. The molecular formula is C11H16N6O. The first-order chi connectivity index (χ1) is 8.79. The summed E-state index contributed by atoms with van der Waals surface area (Å²) in [6, 6.07) is 0.429. The number of aliphatic hydroxyl groups is 1. The number of aromatic nitrogens is 4. The van der Waals surface area contributed by atoms with Gasteiger partial charge < -0.3 is 20.7 Å². The summed E-state index contributed by atoms with van der Waals surface area (Å²) >= 11 is 0. The van der Waals surface area contributed by atoms with Crippen LogP contribution in [0.1, 0.15) is 19.3 Å². The van der Waals surface area contributed by atoms with Gasteiger partial charge in [-0.25, -0.2) is 4.98 Å². The fourth-order valence-corrected chi connectivity index (χ4v) is 2.31. The summed E-state index contributed by atoms with van der Waals surface area (Å²) in [6.45, 7) is 0.644. The third kappa shape index (κ3) is 1.76. The number of anilines is 2. The maximum absolute atomic E-state index is 9.22. The average molecular weight is 248 g/mol. The van der Waals surface area contributed by atoms with Gasteiger partial charge in [0.1, 0.15) is 5.52 Å². The highest BCUT2D eigenvalue weighted by atomic mass is 16.3. The fourth-order valence-electron chi connectivity index (χ4n) is 2.31.